The van der Waals surface area contributed by atoms with Gasteiger partial charge in [0.05, 0.1) is 41.9 Å². The Morgan fingerprint density at radius 3 is 2.25 bits per heavy atom. The molecule has 0 bridgehead atoms. The first-order valence-electron chi connectivity index (χ1n) is 13.6. The molecule has 3 aromatic rings. The van der Waals surface area contributed by atoms with Crippen molar-refractivity contribution < 1.29 is 29.3 Å². The third-order valence-electron chi connectivity index (χ3n) is 5.64. The number of pyridine rings is 1. The van der Waals surface area contributed by atoms with Crippen molar-refractivity contribution in [3.05, 3.63) is 30.1 Å². The molecule has 11 heteroatoms. The zero-order valence-electron chi connectivity index (χ0n) is 25.2. The summed E-state index contributed by atoms with van der Waals surface area (Å²) in [4.78, 5) is 34.9. The number of para-hydroxylation sites is 1. The van der Waals surface area contributed by atoms with Gasteiger partial charge in [-0.25, -0.2) is 9.97 Å². The maximum Gasteiger partial charge on any atom is 0.252 e. The van der Waals surface area contributed by atoms with Gasteiger partial charge in [-0.3, -0.25) is 9.59 Å². The summed E-state index contributed by atoms with van der Waals surface area (Å²) in [5, 5.41) is 26.7. The van der Waals surface area contributed by atoms with Crippen molar-refractivity contribution in [3.8, 4) is 0 Å². The molecular weight excluding hydrogens is 514 g/mol. The maximum atomic E-state index is 12.9. The van der Waals surface area contributed by atoms with Gasteiger partial charge in [0, 0.05) is 12.0 Å². The lowest BCUT2D eigenvalue weighted by atomic mass is 10.1. The van der Waals surface area contributed by atoms with E-state index in [0.717, 1.165) is 5.39 Å². The Morgan fingerprint density at radius 2 is 1.65 bits per heavy atom. The van der Waals surface area contributed by atoms with E-state index in [-0.39, 0.29) is 32.1 Å². The largest absolute Gasteiger partial charge is 0.389 e. The molecule has 2 amide bonds. The number of ether oxygens (including phenoxy) is 2. The number of aliphatic hydroxyl groups is 2. The van der Waals surface area contributed by atoms with E-state index in [1.165, 1.54) is 0 Å². The molecule has 3 rings (SSSR count). The number of amides is 2. The molecule has 2 heterocycles. The zero-order chi connectivity index (χ0) is 30.3. The lowest BCUT2D eigenvalue weighted by Crippen LogP contribution is -2.48. The Labute approximate surface area is 236 Å². The normalized spacial score (nSPS) is 12.3. The third-order valence-corrected chi connectivity index (χ3v) is 5.64. The van der Waals surface area contributed by atoms with E-state index in [4.69, 9.17) is 14.5 Å². The summed E-state index contributed by atoms with van der Waals surface area (Å²) < 4.78 is 13.1. The molecule has 0 atom stereocenters. The zero-order valence-corrected chi connectivity index (χ0v) is 25.2. The van der Waals surface area contributed by atoms with Gasteiger partial charge in [-0.2, -0.15) is 0 Å². The molecule has 40 heavy (non-hydrogen) atoms. The van der Waals surface area contributed by atoms with E-state index in [9.17, 15) is 19.8 Å². The first-order valence-corrected chi connectivity index (χ1v) is 13.6. The van der Waals surface area contributed by atoms with E-state index in [2.05, 4.69) is 15.6 Å². The number of benzene rings is 1. The van der Waals surface area contributed by atoms with Crippen molar-refractivity contribution in [1.29, 1.82) is 0 Å². The van der Waals surface area contributed by atoms with Gasteiger partial charge in [-0.15, -0.1) is 0 Å². The first-order chi connectivity index (χ1) is 18.6. The van der Waals surface area contributed by atoms with E-state index in [0.29, 0.717) is 29.0 Å². The highest BCUT2D eigenvalue weighted by atomic mass is 16.5. The molecule has 222 valence electrons. The van der Waals surface area contributed by atoms with Crippen LogP contribution in [0.1, 0.15) is 68.1 Å². The lowest BCUT2D eigenvalue weighted by molar-refractivity contribution is -0.150. The number of rotatable bonds is 12. The van der Waals surface area contributed by atoms with Crippen LogP contribution in [0.3, 0.4) is 0 Å². The average Bonchev–Trinajstić information content (AvgIpc) is 3.22. The Hall–Kier alpha value is -3.12. The van der Waals surface area contributed by atoms with Crippen LogP contribution in [0.2, 0.25) is 0 Å². The van der Waals surface area contributed by atoms with Gasteiger partial charge in [-0.1, -0.05) is 32.0 Å². The lowest BCUT2D eigenvalue weighted by Gasteiger charge is -2.28. The van der Waals surface area contributed by atoms with E-state index >= 15 is 0 Å². The average molecular weight is 560 g/mol. The molecule has 1 aromatic carbocycles. The topological polar surface area (TPSA) is 148 Å². The Balaban J connectivity index is 0.00000274. The van der Waals surface area contributed by atoms with Crippen LogP contribution < -0.4 is 10.6 Å². The van der Waals surface area contributed by atoms with E-state index in [1.54, 1.807) is 41.5 Å². The van der Waals surface area contributed by atoms with Crippen molar-refractivity contribution in [2.75, 3.05) is 25.1 Å². The fourth-order valence-corrected chi connectivity index (χ4v) is 3.80. The first kappa shape index (κ1) is 33.1. The highest BCUT2D eigenvalue weighted by Gasteiger charge is 2.31. The summed E-state index contributed by atoms with van der Waals surface area (Å²) in [5.41, 5.74) is -1.58. The van der Waals surface area contributed by atoms with Crippen molar-refractivity contribution in [1.82, 2.24) is 19.9 Å². The van der Waals surface area contributed by atoms with Gasteiger partial charge in [0.15, 0.2) is 5.82 Å². The van der Waals surface area contributed by atoms with Crippen LogP contribution in [0.25, 0.3) is 21.9 Å². The predicted molar refractivity (Wildman–Crippen MR) is 156 cm³/mol. The van der Waals surface area contributed by atoms with E-state index < -0.39 is 28.6 Å². The fourth-order valence-electron chi connectivity index (χ4n) is 3.80. The number of hydrogen-bond donors (Lipinski definition) is 4. The van der Waals surface area contributed by atoms with Crippen LogP contribution in [0.5, 0.6) is 0 Å². The summed E-state index contributed by atoms with van der Waals surface area (Å²) in [5.74, 6) is -0.162. The molecule has 4 N–H and O–H groups in total. The molecule has 0 unspecified atom stereocenters. The van der Waals surface area contributed by atoms with E-state index in [1.807, 2.05) is 49.6 Å². The number of carbonyl (C=O) groups excluding carboxylic acids is 2. The van der Waals surface area contributed by atoms with Crippen LogP contribution in [-0.4, -0.2) is 73.1 Å². The molecule has 0 aliphatic rings. The molecule has 0 saturated heterocycles. The van der Waals surface area contributed by atoms with Crippen molar-refractivity contribution >= 4 is 39.6 Å². The summed E-state index contributed by atoms with van der Waals surface area (Å²) in [6, 6.07) is 7.49. The smallest absolute Gasteiger partial charge is 0.252 e. The molecule has 0 radical (unpaired) electrons. The summed E-state index contributed by atoms with van der Waals surface area (Å²) >= 11 is 0. The molecule has 0 aliphatic heterocycles. The number of aromatic nitrogens is 3. The van der Waals surface area contributed by atoms with Gasteiger partial charge < -0.3 is 34.9 Å². The van der Waals surface area contributed by atoms with Crippen LogP contribution >= 0.6 is 0 Å². The second-order valence-corrected chi connectivity index (χ2v) is 11.1. The monoisotopic (exact) mass is 559 g/mol. The molecular formula is C29H45N5O6. The number of fused-ring (bicyclic) bond motifs is 3. The second-order valence-electron chi connectivity index (χ2n) is 11.1. The standard InChI is InChI=1S/C27H39N5O6.C2H6/c1-8-37-14-19-30-21-22(32(19)15-25(2,3)35)17-11-9-10-12-18(17)29-23(21)31-20(33)13-28-24(34)27(6,7)38-16-26(4,5)36;1-2/h9-12,35-36H,8,13-16H2,1-7H3,(H,28,34)(H,29,31,33);1-2H3. The minimum atomic E-state index is -1.25. The Bertz CT molecular complexity index is 1300. The van der Waals surface area contributed by atoms with Crippen molar-refractivity contribution in [2.24, 2.45) is 0 Å². The highest BCUT2D eigenvalue weighted by Crippen LogP contribution is 2.31. The van der Waals surface area contributed by atoms with Crippen LogP contribution in [0.4, 0.5) is 5.82 Å². The predicted octanol–water partition coefficient (Wildman–Crippen LogP) is 3.54. The number of nitrogens with zero attached hydrogens (tertiary/aromatic N) is 3. The number of anilines is 1. The SMILES string of the molecule is CC.CCOCc1nc2c(NC(=O)CNC(=O)C(C)(C)OCC(C)(C)O)nc3ccccc3c2n1CC(C)(C)O. The summed E-state index contributed by atoms with van der Waals surface area (Å²) in [7, 11) is 0. The minimum absolute atomic E-state index is 0.0456. The minimum Gasteiger partial charge on any atom is -0.389 e. The molecule has 0 saturated carbocycles. The number of carbonyl (C=O) groups is 2. The highest BCUT2D eigenvalue weighted by molar-refractivity contribution is 6.10. The molecule has 0 aliphatic carbocycles. The summed E-state index contributed by atoms with van der Waals surface area (Å²) in [6.45, 7) is 16.2. The van der Waals surface area contributed by atoms with Crippen LogP contribution in [0, 0.1) is 0 Å². The molecule has 2 aromatic heterocycles. The quantitative estimate of drug-likeness (QED) is 0.263. The fraction of sp³-hybridized carbons (Fsp3) is 0.586. The maximum absolute atomic E-state index is 12.9. The van der Waals surface area contributed by atoms with Gasteiger partial charge in [0.1, 0.15) is 23.5 Å². The van der Waals surface area contributed by atoms with Gasteiger partial charge in [0.2, 0.25) is 5.91 Å². The van der Waals surface area contributed by atoms with Crippen LogP contribution in [0.15, 0.2) is 24.3 Å². The molecule has 11 nitrogen and oxygen atoms in total. The van der Waals surface area contributed by atoms with Gasteiger partial charge in [-0.05, 0) is 54.5 Å². The number of imidazole rings is 1. The number of nitrogens with one attached hydrogen (secondary N) is 2. The second kappa shape index (κ2) is 13.5. The van der Waals surface area contributed by atoms with Crippen LogP contribution in [-0.2, 0) is 32.2 Å². The van der Waals surface area contributed by atoms with Gasteiger partial charge in [0.25, 0.3) is 5.91 Å². The summed E-state index contributed by atoms with van der Waals surface area (Å²) in [6.07, 6.45) is 0. The third kappa shape index (κ3) is 8.95. The van der Waals surface area contributed by atoms with Crippen molar-refractivity contribution in [2.45, 2.75) is 92.3 Å². The molecule has 0 spiro atoms. The van der Waals surface area contributed by atoms with Gasteiger partial charge >= 0.3 is 0 Å². The number of hydrogen-bond acceptors (Lipinski definition) is 8. The van der Waals surface area contributed by atoms with Crippen molar-refractivity contribution in [3.63, 3.8) is 0 Å². The Morgan fingerprint density at radius 1 is 1.00 bits per heavy atom. The molecule has 0 fully saturated rings. The Kier molecular flexibility index (Phi) is 11.2.